The molecule has 0 spiro atoms. The molecule has 0 N–H and O–H groups in total. The molecule has 0 aliphatic heterocycles. The lowest BCUT2D eigenvalue weighted by atomic mass is 10.1. The Balaban J connectivity index is 2.01. The molecule has 3 aromatic rings. The molecule has 0 bridgehead atoms. The minimum absolute atomic E-state index is 0.00468. The monoisotopic (exact) mass is 490 g/mol. The van der Waals surface area contributed by atoms with Gasteiger partial charge in [0.15, 0.2) is 17.1 Å². The summed E-state index contributed by atoms with van der Waals surface area (Å²) in [4.78, 5) is 26.0. The molecule has 0 atom stereocenters. The van der Waals surface area contributed by atoms with Gasteiger partial charge in [0, 0.05) is 0 Å². The number of hydrogen-bond donors (Lipinski definition) is 0. The van der Waals surface area contributed by atoms with Crippen LogP contribution in [0.15, 0.2) is 81.0 Å². The lowest BCUT2D eigenvalue weighted by Gasteiger charge is -2.22. The van der Waals surface area contributed by atoms with E-state index in [1.165, 1.54) is 5.57 Å². The highest BCUT2D eigenvalue weighted by molar-refractivity contribution is 5.96. The predicted molar refractivity (Wildman–Crippen MR) is 142 cm³/mol. The Morgan fingerprint density at radius 2 is 1.67 bits per heavy atom. The fourth-order valence-electron chi connectivity index (χ4n) is 3.47. The molecule has 0 saturated carbocycles. The zero-order valence-corrected chi connectivity index (χ0v) is 21.8. The molecule has 0 fully saturated rings. The Morgan fingerprint density at radius 1 is 0.944 bits per heavy atom. The number of para-hydroxylation sites is 1. The van der Waals surface area contributed by atoms with E-state index in [0.717, 1.165) is 18.4 Å². The molecule has 0 aliphatic carbocycles. The largest absolute Gasteiger partial charge is 0.484 e. The Hall–Kier alpha value is -3.80. The van der Waals surface area contributed by atoms with E-state index in [9.17, 15) is 9.59 Å². The van der Waals surface area contributed by atoms with Gasteiger partial charge in [-0.2, -0.15) is 0 Å². The molecule has 0 aliphatic rings. The summed E-state index contributed by atoms with van der Waals surface area (Å²) in [7, 11) is 0. The van der Waals surface area contributed by atoms with Crippen molar-refractivity contribution < 1.29 is 23.4 Å². The third-order valence-corrected chi connectivity index (χ3v) is 5.18. The first-order valence-corrected chi connectivity index (χ1v) is 12.0. The van der Waals surface area contributed by atoms with Crippen LogP contribution < -0.4 is 19.8 Å². The smallest absolute Gasteiger partial charge is 0.383 e. The van der Waals surface area contributed by atoms with E-state index >= 15 is 0 Å². The summed E-state index contributed by atoms with van der Waals surface area (Å²) >= 11 is 0. The van der Waals surface area contributed by atoms with Crippen LogP contribution in [0.3, 0.4) is 0 Å². The molecule has 2 aromatic carbocycles. The molecule has 6 heteroatoms. The van der Waals surface area contributed by atoms with Crippen LogP contribution in [0, 0.1) is 0 Å². The molecule has 1 heterocycles. The molecule has 190 valence electrons. The van der Waals surface area contributed by atoms with Crippen LogP contribution in [0.25, 0.3) is 11.0 Å². The van der Waals surface area contributed by atoms with E-state index < -0.39 is 17.2 Å². The topological polar surface area (TPSA) is 75.0 Å². The van der Waals surface area contributed by atoms with Gasteiger partial charge in [-0.15, -0.1) is 0 Å². The maximum absolute atomic E-state index is 13.0. The summed E-state index contributed by atoms with van der Waals surface area (Å²) in [5, 5.41) is 0.403. The normalized spacial score (nSPS) is 11.8. The first-order chi connectivity index (χ1) is 17.0. The number of fused-ring (bicyclic) bond motifs is 1. The van der Waals surface area contributed by atoms with Crippen LogP contribution in [-0.2, 0) is 0 Å². The highest BCUT2D eigenvalue weighted by atomic mass is 16.6. The zero-order valence-electron chi connectivity index (χ0n) is 21.8. The second kappa shape index (κ2) is 11.8. The lowest BCUT2D eigenvalue weighted by molar-refractivity contribution is 0.0729. The third kappa shape index (κ3) is 7.35. The summed E-state index contributed by atoms with van der Waals surface area (Å²) in [5.41, 5.74) is 1.65. The van der Waals surface area contributed by atoms with E-state index in [0.29, 0.717) is 16.7 Å². The fourth-order valence-corrected chi connectivity index (χ4v) is 3.47. The second-order valence-electron chi connectivity index (χ2n) is 9.83. The Bertz CT molecular complexity index is 1320. The predicted octanol–water partition coefficient (Wildman–Crippen LogP) is 7.26. The van der Waals surface area contributed by atoms with Crippen molar-refractivity contribution in [2.75, 3.05) is 6.61 Å². The third-order valence-electron chi connectivity index (χ3n) is 5.18. The van der Waals surface area contributed by atoms with Crippen LogP contribution in [-0.4, -0.2) is 18.2 Å². The van der Waals surface area contributed by atoms with Crippen molar-refractivity contribution in [1.29, 1.82) is 0 Å². The van der Waals surface area contributed by atoms with Gasteiger partial charge in [-0.05, 0) is 84.7 Å². The van der Waals surface area contributed by atoms with Crippen LogP contribution in [0.5, 0.6) is 17.2 Å². The highest BCUT2D eigenvalue weighted by Gasteiger charge is 2.24. The number of hydrogen-bond acceptors (Lipinski definition) is 6. The van der Waals surface area contributed by atoms with Crippen molar-refractivity contribution in [1.82, 2.24) is 0 Å². The Labute approximate surface area is 212 Å². The average molecular weight is 491 g/mol. The van der Waals surface area contributed by atoms with Gasteiger partial charge < -0.3 is 18.6 Å². The first kappa shape index (κ1) is 26.8. The Morgan fingerprint density at radius 3 is 2.33 bits per heavy atom. The summed E-state index contributed by atoms with van der Waals surface area (Å²) in [6.07, 6.45) is 5.89. The maximum atomic E-state index is 13.0. The van der Waals surface area contributed by atoms with Gasteiger partial charge in [0.05, 0.1) is 10.9 Å². The van der Waals surface area contributed by atoms with E-state index in [-0.39, 0.29) is 23.7 Å². The standard InChI is InChI=1S/C30H34O6/c1-20(2)12-10-13-21(3)18-19-33-27-26(35-28(31)22-14-8-7-9-15-22)23-16-11-17-24(36-30(4,5)6)25(23)34-29(27)32/h7-9,11-12,14-18H,10,13,19H2,1-6H3. The van der Waals surface area contributed by atoms with Crippen molar-refractivity contribution in [3.63, 3.8) is 0 Å². The van der Waals surface area contributed by atoms with Gasteiger partial charge >= 0.3 is 11.6 Å². The Kier molecular flexibility index (Phi) is 8.75. The van der Waals surface area contributed by atoms with Crippen molar-refractivity contribution >= 4 is 16.9 Å². The zero-order chi connectivity index (χ0) is 26.3. The van der Waals surface area contributed by atoms with E-state index in [4.69, 9.17) is 18.6 Å². The molecular formula is C30H34O6. The van der Waals surface area contributed by atoms with Crippen LogP contribution in [0.4, 0.5) is 0 Å². The van der Waals surface area contributed by atoms with Crippen LogP contribution >= 0.6 is 0 Å². The van der Waals surface area contributed by atoms with Gasteiger partial charge in [0.25, 0.3) is 0 Å². The maximum Gasteiger partial charge on any atom is 0.383 e. The minimum Gasteiger partial charge on any atom is -0.484 e. The van der Waals surface area contributed by atoms with Crippen molar-refractivity contribution in [2.45, 2.75) is 60.0 Å². The van der Waals surface area contributed by atoms with Crippen LogP contribution in [0.2, 0.25) is 0 Å². The van der Waals surface area contributed by atoms with E-state index in [1.54, 1.807) is 48.5 Å². The van der Waals surface area contributed by atoms with E-state index in [1.807, 2.05) is 33.8 Å². The van der Waals surface area contributed by atoms with Gasteiger partial charge in [0.1, 0.15) is 12.2 Å². The summed E-state index contributed by atoms with van der Waals surface area (Å²) in [6.45, 7) is 12.0. The molecule has 0 amide bonds. The van der Waals surface area contributed by atoms with Gasteiger partial charge in [0.2, 0.25) is 5.75 Å². The summed E-state index contributed by atoms with van der Waals surface area (Å²) < 4.78 is 23.2. The van der Waals surface area contributed by atoms with Crippen molar-refractivity contribution in [3.8, 4) is 17.2 Å². The minimum atomic E-state index is -0.751. The number of rotatable bonds is 9. The second-order valence-corrected chi connectivity index (χ2v) is 9.83. The number of ether oxygens (including phenoxy) is 3. The molecule has 0 saturated heterocycles. The van der Waals surface area contributed by atoms with Gasteiger partial charge in [-0.1, -0.05) is 41.5 Å². The quantitative estimate of drug-likeness (QED) is 0.178. The van der Waals surface area contributed by atoms with Crippen molar-refractivity contribution in [3.05, 3.63) is 87.8 Å². The average Bonchev–Trinajstić information content (AvgIpc) is 2.80. The molecule has 36 heavy (non-hydrogen) atoms. The number of esters is 1. The number of allylic oxidation sites excluding steroid dienone is 3. The van der Waals surface area contributed by atoms with Crippen molar-refractivity contribution in [2.24, 2.45) is 0 Å². The molecule has 6 nitrogen and oxygen atoms in total. The molecule has 1 aromatic heterocycles. The fraction of sp³-hybridized carbons (Fsp3) is 0.333. The first-order valence-electron chi connectivity index (χ1n) is 12.0. The van der Waals surface area contributed by atoms with Gasteiger partial charge in [-0.25, -0.2) is 9.59 Å². The molecule has 0 radical (unpaired) electrons. The summed E-state index contributed by atoms with van der Waals surface area (Å²) in [6, 6.07) is 13.7. The number of benzene rings is 2. The van der Waals surface area contributed by atoms with Gasteiger partial charge in [-0.3, -0.25) is 0 Å². The van der Waals surface area contributed by atoms with E-state index in [2.05, 4.69) is 19.9 Å². The highest BCUT2D eigenvalue weighted by Crippen LogP contribution is 2.38. The molecule has 0 unspecified atom stereocenters. The number of carbonyl (C=O) groups excluding carboxylic acids is 1. The lowest BCUT2D eigenvalue weighted by Crippen LogP contribution is -2.23. The van der Waals surface area contributed by atoms with Crippen LogP contribution in [0.1, 0.15) is 64.7 Å². The molecule has 3 rings (SSSR count). The SMILES string of the molecule is CC(C)=CCCC(C)=CCOc1c(OC(=O)c2ccccc2)c2cccc(OC(C)(C)C)c2oc1=O. The number of carbonyl (C=O) groups is 1. The summed E-state index contributed by atoms with van der Waals surface area (Å²) in [5.74, 6) is -0.392. The molecular weight excluding hydrogens is 456 g/mol.